The summed E-state index contributed by atoms with van der Waals surface area (Å²) in [6.45, 7) is 1.45. The second-order valence-electron chi connectivity index (χ2n) is 10.5. The Balaban J connectivity index is 1.30. The minimum Gasteiger partial charge on any atom is -0.337 e. The highest BCUT2D eigenvalue weighted by Crippen LogP contribution is 2.35. The first-order valence-electron chi connectivity index (χ1n) is 13.4. The van der Waals surface area contributed by atoms with E-state index < -0.39 is 11.6 Å². The molecule has 7 nitrogen and oxygen atoms in total. The summed E-state index contributed by atoms with van der Waals surface area (Å²) < 4.78 is 29.6. The van der Waals surface area contributed by atoms with E-state index in [1.165, 1.54) is 18.2 Å². The van der Waals surface area contributed by atoms with E-state index in [1.807, 2.05) is 19.0 Å². The Morgan fingerprint density at radius 3 is 2.55 bits per heavy atom. The van der Waals surface area contributed by atoms with Gasteiger partial charge in [-0.25, -0.2) is 18.7 Å². The van der Waals surface area contributed by atoms with Crippen LogP contribution in [0, 0.1) is 11.6 Å². The van der Waals surface area contributed by atoms with Crippen LogP contribution in [-0.4, -0.2) is 64.6 Å². The molecular weight excluding hydrogens is 581 g/mol. The number of nitrogens with one attached hydrogen (secondary N) is 1. The van der Waals surface area contributed by atoms with Crippen LogP contribution < -0.4 is 5.32 Å². The highest BCUT2D eigenvalue weighted by Gasteiger charge is 2.29. The zero-order valence-corrected chi connectivity index (χ0v) is 24.3. The second kappa shape index (κ2) is 11.4. The van der Waals surface area contributed by atoms with Gasteiger partial charge in [-0.05, 0) is 63.0 Å². The molecular formula is C31H26Cl2F2N6O. The van der Waals surface area contributed by atoms with Gasteiger partial charge in [-0.2, -0.15) is 0 Å². The molecule has 1 amide bonds. The number of hydrogen-bond acceptors (Lipinski definition) is 6. The van der Waals surface area contributed by atoms with Crippen LogP contribution >= 0.6 is 23.2 Å². The molecule has 1 fully saturated rings. The van der Waals surface area contributed by atoms with E-state index in [9.17, 15) is 13.6 Å². The Morgan fingerprint density at radius 1 is 1.05 bits per heavy atom. The van der Waals surface area contributed by atoms with Gasteiger partial charge in [0.05, 0.1) is 34.1 Å². The Morgan fingerprint density at radius 2 is 1.83 bits per heavy atom. The number of benzene rings is 3. The van der Waals surface area contributed by atoms with Crippen molar-refractivity contribution in [2.45, 2.75) is 19.0 Å². The molecule has 0 spiro atoms. The summed E-state index contributed by atoms with van der Waals surface area (Å²) in [4.78, 5) is 30.8. The van der Waals surface area contributed by atoms with E-state index in [0.29, 0.717) is 62.8 Å². The van der Waals surface area contributed by atoms with Crippen LogP contribution in [-0.2, 0) is 6.54 Å². The molecule has 0 radical (unpaired) electrons. The van der Waals surface area contributed by atoms with Gasteiger partial charge in [0.15, 0.2) is 0 Å². The molecule has 11 heteroatoms. The molecule has 4 aromatic rings. The third-order valence-electron chi connectivity index (χ3n) is 7.60. The number of anilines is 2. The van der Waals surface area contributed by atoms with E-state index in [4.69, 9.17) is 28.2 Å². The Bertz CT molecular complexity index is 1720. The maximum absolute atomic E-state index is 14.8. The van der Waals surface area contributed by atoms with Crippen LogP contribution in [0.5, 0.6) is 0 Å². The van der Waals surface area contributed by atoms with Crippen molar-refractivity contribution in [2.24, 2.45) is 4.99 Å². The lowest BCUT2D eigenvalue weighted by molar-refractivity contribution is 0.0783. The fourth-order valence-corrected chi connectivity index (χ4v) is 5.77. The third-order valence-corrected chi connectivity index (χ3v) is 8.15. The van der Waals surface area contributed by atoms with E-state index in [-0.39, 0.29) is 29.7 Å². The smallest absolute Gasteiger partial charge is 0.255 e. The maximum atomic E-state index is 14.8. The number of carbonyl (C=O) groups excluding carboxylic acids is 1. The third kappa shape index (κ3) is 5.35. The number of amides is 1. The summed E-state index contributed by atoms with van der Waals surface area (Å²) in [6, 6.07) is 14.2. The molecule has 1 aromatic heterocycles. The van der Waals surface area contributed by atoms with Crippen LogP contribution in [0.15, 0.2) is 65.8 Å². The van der Waals surface area contributed by atoms with Crippen LogP contribution in [0.3, 0.4) is 0 Å². The largest absolute Gasteiger partial charge is 0.337 e. The van der Waals surface area contributed by atoms with Crippen molar-refractivity contribution in [1.29, 1.82) is 0 Å². The first-order valence-corrected chi connectivity index (χ1v) is 14.1. The lowest BCUT2D eigenvalue weighted by atomic mass is 9.95. The van der Waals surface area contributed by atoms with Crippen LogP contribution in [0.4, 0.5) is 20.4 Å². The second-order valence-corrected chi connectivity index (χ2v) is 11.3. The van der Waals surface area contributed by atoms with Crippen molar-refractivity contribution in [2.75, 3.05) is 32.5 Å². The van der Waals surface area contributed by atoms with Gasteiger partial charge >= 0.3 is 0 Å². The molecule has 3 heterocycles. The van der Waals surface area contributed by atoms with E-state index in [1.54, 1.807) is 42.6 Å². The standard InChI is InChI=1S/C31H26Cl2F2N6O/c1-40(2)20-10-11-41(16-20)30(42)22-9-7-19(13-24(22)33)38-31-37-15-17-14-36-29(27-25(34)4-3-5-26(27)35)23-12-18(32)6-8-21(23)28(17)39-31/h3-9,12-13,15,20H,10-11,14,16H2,1-2H3,(H,37,38,39). The summed E-state index contributed by atoms with van der Waals surface area (Å²) in [6.07, 6.45) is 2.55. The number of aliphatic imine (C=N–C) groups is 1. The van der Waals surface area contributed by atoms with Crippen molar-refractivity contribution in [3.8, 4) is 11.3 Å². The van der Waals surface area contributed by atoms with Gasteiger partial charge in [0.2, 0.25) is 5.95 Å². The molecule has 6 rings (SSSR count). The van der Waals surface area contributed by atoms with Gasteiger partial charge in [0.1, 0.15) is 11.6 Å². The SMILES string of the molecule is CN(C)C1CCN(C(=O)c2ccc(Nc3ncc4c(n3)-c3ccc(Cl)cc3C(c3c(F)cccc3F)=NC4)cc2Cl)C1. The molecule has 2 aliphatic heterocycles. The molecule has 1 N–H and O–H groups in total. The number of nitrogens with zero attached hydrogens (tertiary/aromatic N) is 5. The summed E-state index contributed by atoms with van der Waals surface area (Å²) in [7, 11) is 4.03. The monoisotopic (exact) mass is 606 g/mol. The van der Waals surface area contributed by atoms with Crippen molar-refractivity contribution < 1.29 is 13.6 Å². The number of rotatable bonds is 5. The quantitative estimate of drug-likeness (QED) is 0.277. The fraction of sp³-hybridized carbons (Fsp3) is 0.226. The molecule has 0 aliphatic carbocycles. The average molecular weight is 607 g/mol. The Labute approximate surface area is 251 Å². The molecule has 214 valence electrons. The number of likely N-dealkylation sites (tertiary alicyclic amines) is 1. The molecule has 1 saturated heterocycles. The average Bonchev–Trinajstić information content (AvgIpc) is 3.40. The summed E-state index contributed by atoms with van der Waals surface area (Å²) in [5.41, 5.74) is 3.25. The zero-order chi connectivity index (χ0) is 29.5. The fourth-order valence-electron chi connectivity index (χ4n) is 5.34. The topological polar surface area (TPSA) is 73.7 Å². The minimum atomic E-state index is -0.722. The van der Waals surface area contributed by atoms with Gasteiger partial charge < -0.3 is 15.1 Å². The number of fused-ring (bicyclic) bond motifs is 3. The predicted molar refractivity (Wildman–Crippen MR) is 161 cm³/mol. The number of carbonyl (C=O) groups is 1. The van der Waals surface area contributed by atoms with E-state index in [0.717, 1.165) is 6.42 Å². The van der Waals surface area contributed by atoms with Gasteiger partial charge in [0.25, 0.3) is 5.91 Å². The maximum Gasteiger partial charge on any atom is 0.255 e. The summed E-state index contributed by atoms with van der Waals surface area (Å²) >= 11 is 12.9. The number of likely N-dealkylation sites (N-methyl/N-ethyl adjacent to an activating group) is 1. The minimum absolute atomic E-state index is 0.102. The molecule has 2 aliphatic rings. The van der Waals surface area contributed by atoms with Crippen LogP contribution in [0.1, 0.15) is 33.5 Å². The molecule has 42 heavy (non-hydrogen) atoms. The van der Waals surface area contributed by atoms with Crippen molar-refractivity contribution in [3.63, 3.8) is 0 Å². The molecule has 1 atom stereocenters. The number of halogens is 4. The first-order chi connectivity index (χ1) is 20.2. The normalized spacial score (nSPS) is 16.1. The van der Waals surface area contributed by atoms with Gasteiger partial charge in [-0.15, -0.1) is 0 Å². The predicted octanol–water partition coefficient (Wildman–Crippen LogP) is 6.60. The summed E-state index contributed by atoms with van der Waals surface area (Å²) in [5, 5.41) is 3.87. The molecule has 0 bridgehead atoms. The van der Waals surface area contributed by atoms with E-state index in [2.05, 4.69) is 20.2 Å². The lowest BCUT2D eigenvalue weighted by Gasteiger charge is -2.21. The van der Waals surface area contributed by atoms with Gasteiger partial charge in [0, 0.05) is 52.7 Å². The highest BCUT2D eigenvalue weighted by molar-refractivity contribution is 6.34. The Kier molecular flexibility index (Phi) is 7.66. The van der Waals surface area contributed by atoms with Gasteiger partial charge in [-0.1, -0.05) is 35.3 Å². The van der Waals surface area contributed by atoms with Crippen molar-refractivity contribution in [3.05, 3.63) is 105 Å². The first kappa shape index (κ1) is 28.2. The van der Waals surface area contributed by atoms with Crippen molar-refractivity contribution in [1.82, 2.24) is 19.8 Å². The Hall–Kier alpha value is -3.92. The lowest BCUT2D eigenvalue weighted by Crippen LogP contribution is -2.34. The van der Waals surface area contributed by atoms with E-state index >= 15 is 0 Å². The van der Waals surface area contributed by atoms with Crippen LogP contribution in [0.2, 0.25) is 10.0 Å². The number of hydrogen-bond donors (Lipinski definition) is 1. The highest BCUT2D eigenvalue weighted by atomic mass is 35.5. The van der Waals surface area contributed by atoms with Gasteiger partial charge in [-0.3, -0.25) is 9.79 Å². The molecule has 1 unspecified atom stereocenters. The summed E-state index contributed by atoms with van der Waals surface area (Å²) in [5.74, 6) is -1.27. The van der Waals surface area contributed by atoms with Crippen LogP contribution in [0.25, 0.3) is 11.3 Å². The molecule has 0 saturated carbocycles. The van der Waals surface area contributed by atoms with Crippen molar-refractivity contribution >= 4 is 46.5 Å². The molecule has 3 aromatic carbocycles. The number of aromatic nitrogens is 2. The zero-order valence-electron chi connectivity index (χ0n) is 22.8.